The number of hydrogen-bond donors (Lipinski definition) is 1. The highest BCUT2D eigenvalue weighted by Gasteiger charge is 2.02. The summed E-state index contributed by atoms with van der Waals surface area (Å²) in [4.78, 5) is 0. The fraction of sp³-hybridized carbons (Fsp3) is 0.357. The number of rotatable bonds is 4. The maximum Gasteiger partial charge on any atom is 0.0539 e. The van der Waals surface area contributed by atoms with Gasteiger partial charge in [0.15, 0.2) is 0 Å². The molecule has 0 unspecified atom stereocenters. The molecular formula is C14H18BrN3. The standard InChI is InChI=1S/C14H18BrN3/c1-10(2)18-9-12(8-17-18)7-16-13-5-4-11(3)14(15)6-13/h4-6,8-10,16H,7H2,1-3H3. The van der Waals surface area contributed by atoms with Crippen LogP contribution in [0.4, 0.5) is 5.69 Å². The van der Waals surface area contributed by atoms with E-state index in [1.807, 2.05) is 10.9 Å². The summed E-state index contributed by atoms with van der Waals surface area (Å²) in [5, 5.41) is 7.72. The molecule has 3 nitrogen and oxygen atoms in total. The zero-order chi connectivity index (χ0) is 13.1. The predicted molar refractivity (Wildman–Crippen MR) is 78.8 cm³/mol. The number of halogens is 1. The first-order valence-corrected chi connectivity index (χ1v) is 6.88. The van der Waals surface area contributed by atoms with Crippen LogP contribution in [0.25, 0.3) is 0 Å². The average Bonchev–Trinajstić information content (AvgIpc) is 2.79. The molecular weight excluding hydrogens is 290 g/mol. The van der Waals surface area contributed by atoms with Gasteiger partial charge in [-0.3, -0.25) is 4.68 Å². The third kappa shape index (κ3) is 3.13. The zero-order valence-electron chi connectivity index (χ0n) is 10.9. The second-order valence-electron chi connectivity index (χ2n) is 4.74. The molecule has 0 bridgehead atoms. The lowest BCUT2D eigenvalue weighted by Gasteiger charge is -2.07. The number of benzene rings is 1. The number of aromatic nitrogens is 2. The van der Waals surface area contributed by atoms with Crippen LogP contribution in [0.1, 0.15) is 31.0 Å². The molecule has 0 spiro atoms. The topological polar surface area (TPSA) is 29.9 Å². The van der Waals surface area contributed by atoms with Gasteiger partial charge in [0, 0.05) is 34.5 Å². The third-order valence-electron chi connectivity index (χ3n) is 2.85. The van der Waals surface area contributed by atoms with Crippen molar-refractivity contribution in [2.24, 2.45) is 0 Å². The minimum absolute atomic E-state index is 0.410. The van der Waals surface area contributed by atoms with Crippen molar-refractivity contribution < 1.29 is 0 Å². The number of nitrogens with one attached hydrogen (secondary N) is 1. The summed E-state index contributed by atoms with van der Waals surface area (Å²) in [6.45, 7) is 7.13. The molecule has 18 heavy (non-hydrogen) atoms. The van der Waals surface area contributed by atoms with Gasteiger partial charge in [-0.2, -0.15) is 5.10 Å². The van der Waals surface area contributed by atoms with E-state index in [-0.39, 0.29) is 0 Å². The second-order valence-corrected chi connectivity index (χ2v) is 5.59. The van der Waals surface area contributed by atoms with Crippen LogP contribution in [0.15, 0.2) is 35.1 Å². The average molecular weight is 308 g/mol. The Labute approximate surface area is 116 Å². The molecule has 0 saturated heterocycles. The molecule has 2 rings (SSSR count). The molecule has 0 atom stereocenters. The molecule has 4 heteroatoms. The maximum absolute atomic E-state index is 4.33. The monoisotopic (exact) mass is 307 g/mol. The minimum atomic E-state index is 0.410. The first kappa shape index (κ1) is 13.1. The molecule has 0 aliphatic carbocycles. The third-order valence-corrected chi connectivity index (χ3v) is 3.71. The first-order valence-electron chi connectivity index (χ1n) is 6.09. The molecule has 0 radical (unpaired) electrons. The Morgan fingerprint density at radius 1 is 1.39 bits per heavy atom. The van der Waals surface area contributed by atoms with Crippen LogP contribution in [0.3, 0.4) is 0 Å². The van der Waals surface area contributed by atoms with Crippen LogP contribution in [0.5, 0.6) is 0 Å². The molecule has 96 valence electrons. The molecule has 0 fully saturated rings. The van der Waals surface area contributed by atoms with Gasteiger partial charge in [0.05, 0.1) is 6.20 Å². The summed E-state index contributed by atoms with van der Waals surface area (Å²) in [5.41, 5.74) is 3.55. The normalized spacial score (nSPS) is 10.9. The molecule has 2 aromatic rings. The molecule has 1 N–H and O–H groups in total. The summed E-state index contributed by atoms with van der Waals surface area (Å²) >= 11 is 3.54. The van der Waals surface area contributed by atoms with Gasteiger partial charge in [-0.15, -0.1) is 0 Å². The van der Waals surface area contributed by atoms with Crippen molar-refractivity contribution in [3.05, 3.63) is 46.2 Å². The van der Waals surface area contributed by atoms with E-state index < -0.39 is 0 Å². The number of anilines is 1. The Kier molecular flexibility index (Phi) is 4.07. The van der Waals surface area contributed by atoms with Crippen molar-refractivity contribution >= 4 is 21.6 Å². The van der Waals surface area contributed by atoms with Crippen LogP contribution in [-0.4, -0.2) is 9.78 Å². The van der Waals surface area contributed by atoms with Gasteiger partial charge in [0.1, 0.15) is 0 Å². The van der Waals surface area contributed by atoms with Crippen molar-refractivity contribution in [2.45, 2.75) is 33.4 Å². The van der Waals surface area contributed by atoms with Gasteiger partial charge in [-0.25, -0.2) is 0 Å². The van der Waals surface area contributed by atoms with E-state index >= 15 is 0 Å². The van der Waals surface area contributed by atoms with Crippen molar-refractivity contribution in [2.75, 3.05) is 5.32 Å². The van der Waals surface area contributed by atoms with Crippen LogP contribution < -0.4 is 5.32 Å². The summed E-state index contributed by atoms with van der Waals surface area (Å²) in [7, 11) is 0. The highest BCUT2D eigenvalue weighted by atomic mass is 79.9. The largest absolute Gasteiger partial charge is 0.381 e. The lowest BCUT2D eigenvalue weighted by Crippen LogP contribution is -2.01. The quantitative estimate of drug-likeness (QED) is 0.919. The fourth-order valence-electron chi connectivity index (χ4n) is 1.66. The van der Waals surface area contributed by atoms with Gasteiger partial charge < -0.3 is 5.32 Å². The Morgan fingerprint density at radius 3 is 2.78 bits per heavy atom. The van der Waals surface area contributed by atoms with E-state index in [0.29, 0.717) is 6.04 Å². The molecule has 0 saturated carbocycles. The lowest BCUT2D eigenvalue weighted by atomic mass is 10.2. The fourth-order valence-corrected chi connectivity index (χ4v) is 2.04. The van der Waals surface area contributed by atoms with Gasteiger partial charge in [-0.05, 0) is 38.5 Å². The molecule has 0 aliphatic rings. The van der Waals surface area contributed by atoms with Crippen LogP contribution in [-0.2, 0) is 6.54 Å². The minimum Gasteiger partial charge on any atom is -0.381 e. The number of aryl methyl sites for hydroxylation is 1. The Hall–Kier alpha value is -1.29. The SMILES string of the molecule is Cc1ccc(NCc2cnn(C(C)C)c2)cc1Br. The molecule has 0 aliphatic heterocycles. The van der Waals surface area contributed by atoms with Gasteiger partial charge >= 0.3 is 0 Å². The Morgan fingerprint density at radius 2 is 2.17 bits per heavy atom. The van der Waals surface area contributed by atoms with E-state index in [0.717, 1.165) is 16.7 Å². The smallest absolute Gasteiger partial charge is 0.0539 e. The van der Waals surface area contributed by atoms with Crippen molar-refractivity contribution in [3.8, 4) is 0 Å². The van der Waals surface area contributed by atoms with Gasteiger partial charge in [-0.1, -0.05) is 22.0 Å². The maximum atomic E-state index is 4.33. The summed E-state index contributed by atoms with van der Waals surface area (Å²) < 4.78 is 3.10. The van der Waals surface area contributed by atoms with Gasteiger partial charge in [0.2, 0.25) is 0 Å². The van der Waals surface area contributed by atoms with Crippen molar-refractivity contribution in [1.29, 1.82) is 0 Å². The molecule has 0 amide bonds. The Balaban J connectivity index is 2.00. The molecule has 1 aromatic carbocycles. The van der Waals surface area contributed by atoms with Gasteiger partial charge in [0.25, 0.3) is 0 Å². The summed E-state index contributed by atoms with van der Waals surface area (Å²) in [6.07, 6.45) is 4.00. The lowest BCUT2D eigenvalue weighted by molar-refractivity contribution is 0.532. The predicted octanol–water partition coefficient (Wildman–Crippen LogP) is 4.15. The number of nitrogens with zero attached hydrogens (tertiary/aromatic N) is 2. The first-order chi connectivity index (χ1) is 8.56. The summed E-state index contributed by atoms with van der Waals surface area (Å²) in [5.74, 6) is 0. The van der Waals surface area contributed by atoms with Crippen LogP contribution >= 0.6 is 15.9 Å². The van der Waals surface area contributed by atoms with E-state index in [1.165, 1.54) is 11.1 Å². The highest BCUT2D eigenvalue weighted by Crippen LogP contribution is 2.21. The van der Waals surface area contributed by atoms with E-state index in [9.17, 15) is 0 Å². The highest BCUT2D eigenvalue weighted by molar-refractivity contribution is 9.10. The van der Waals surface area contributed by atoms with E-state index in [1.54, 1.807) is 0 Å². The molecule has 1 aromatic heterocycles. The second kappa shape index (κ2) is 5.57. The van der Waals surface area contributed by atoms with Crippen molar-refractivity contribution in [1.82, 2.24) is 9.78 Å². The molecule has 1 heterocycles. The summed E-state index contributed by atoms with van der Waals surface area (Å²) in [6, 6.07) is 6.70. The van der Waals surface area contributed by atoms with Crippen molar-refractivity contribution in [3.63, 3.8) is 0 Å². The Bertz CT molecular complexity index is 532. The van der Waals surface area contributed by atoms with Crippen LogP contribution in [0.2, 0.25) is 0 Å². The van der Waals surface area contributed by atoms with E-state index in [4.69, 9.17) is 0 Å². The van der Waals surface area contributed by atoms with E-state index in [2.05, 4.69) is 71.5 Å². The number of hydrogen-bond acceptors (Lipinski definition) is 2. The zero-order valence-corrected chi connectivity index (χ0v) is 12.5. The van der Waals surface area contributed by atoms with Crippen LogP contribution in [0, 0.1) is 6.92 Å².